The van der Waals surface area contributed by atoms with Gasteiger partial charge >= 0.3 is 0 Å². The number of nitrogens with one attached hydrogen (secondary N) is 1. The molecule has 4 nitrogen and oxygen atoms in total. The summed E-state index contributed by atoms with van der Waals surface area (Å²) in [6.07, 6.45) is 10.3. The summed E-state index contributed by atoms with van der Waals surface area (Å²) in [4.78, 5) is 7.20. The van der Waals surface area contributed by atoms with Gasteiger partial charge in [0.15, 0.2) is 0 Å². The molecule has 1 aliphatic heterocycles. The molecule has 1 saturated carbocycles. The van der Waals surface area contributed by atoms with Crippen molar-refractivity contribution in [1.29, 1.82) is 0 Å². The SMILES string of the molecule is Cc1cn(C2CCCC2)c(NCCN2CCCC2)n1. The fraction of sp³-hybridized carbons (Fsp3) is 0.800. The van der Waals surface area contributed by atoms with Gasteiger partial charge in [-0.3, -0.25) is 0 Å². The molecule has 2 fully saturated rings. The van der Waals surface area contributed by atoms with Gasteiger partial charge in [0.1, 0.15) is 0 Å². The van der Waals surface area contributed by atoms with Crippen molar-refractivity contribution in [3.8, 4) is 0 Å². The van der Waals surface area contributed by atoms with E-state index in [0.717, 1.165) is 24.7 Å². The molecule has 1 N–H and O–H groups in total. The van der Waals surface area contributed by atoms with Gasteiger partial charge in [0, 0.05) is 25.3 Å². The van der Waals surface area contributed by atoms with Crippen LogP contribution in [0.5, 0.6) is 0 Å². The summed E-state index contributed by atoms with van der Waals surface area (Å²) in [6.45, 7) is 6.81. The van der Waals surface area contributed by atoms with Crippen LogP contribution in [0.15, 0.2) is 6.20 Å². The summed E-state index contributed by atoms with van der Waals surface area (Å²) in [5.74, 6) is 1.09. The number of likely N-dealkylation sites (tertiary alicyclic amines) is 1. The molecule has 0 amide bonds. The highest BCUT2D eigenvalue weighted by atomic mass is 15.2. The minimum Gasteiger partial charge on any atom is -0.354 e. The minimum absolute atomic E-state index is 0.676. The zero-order chi connectivity index (χ0) is 13.1. The summed E-state index contributed by atoms with van der Waals surface area (Å²) >= 11 is 0. The number of hydrogen-bond donors (Lipinski definition) is 1. The third kappa shape index (κ3) is 3.11. The molecule has 2 aliphatic rings. The zero-order valence-electron chi connectivity index (χ0n) is 12.1. The first-order chi connectivity index (χ1) is 9.33. The van der Waals surface area contributed by atoms with Crippen LogP contribution in [-0.2, 0) is 0 Å². The number of nitrogens with zero attached hydrogens (tertiary/aromatic N) is 3. The number of imidazole rings is 1. The highest BCUT2D eigenvalue weighted by Gasteiger charge is 2.20. The zero-order valence-corrected chi connectivity index (χ0v) is 12.1. The van der Waals surface area contributed by atoms with Gasteiger partial charge in [-0.05, 0) is 45.7 Å². The summed E-state index contributed by atoms with van der Waals surface area (Å²) in [5.41, 5.74) is 1.13. The fourth-order valence-electron chi connectivity index (χ4n) is 3.44. The predicted molar refractivity (Wildman–Crippen MR) is 78.6 cm³/mol. The molecule has 0 spiro atoms. The van der Waals surface area contributed by atoms with Gasteiger partial charge in [-0.1, -0.05) is 12.8 Å². The second-order valence-electron chi connectivity index (χ2n) is 6.03. The van der Waals surface area contributed by atoms with Gasteiger partial charge in [-0.25, -0.2) is 4.98 Å². The summed E-state index contributed by atoms with van der Waals surface area (Å²) in [6, 6.07) is 0.676. The van der Waals surface area contributed by atoms with Crippen molar-refractivity contribution in [3.63, 3.8) is 0 Å². The Bertz CT molecular complexity index is 400. The molecule has 4 heteroatoms. The third-order valence-corrected chi connectivity index (χ3v) is 4.48. The fourth-order valence-corrected chi connectivity index (χ4v) is 3.44. The maximum Gasteiger partial charge on any atom is 0.203 e. The van der Waals surface area contributed by atoms with Crippen LogP contribution in [0.4, 0.5) is 5.95 Å². The van der Waals surface area contributed by atoms with Crippen molar-refractivity contribution in [1.82, 2.24) is 14.5 Å². The van der Waals surface area contributed by atoms with E-state index in [1.165, 1.54) is 51.6 Å². The molecule has 1 saturated heterocycles. The molecular formula is C15H26N4. The van der Waals surface area contributed by atoms with Crippen LogP contribution in [0, 0.1) is 6.92 Å². The molecule has 0 atom stereocenters. The summed E-state index contributed by atoms with van der Waals surface area (Å²) < 4.78 is 2.38. The standard InChI is InChI=1S/C15H26N4/c1-13-12-19(14-6-2-3-7-14)15(17-13)16-8-11-18-9-4-5-10-18/h12,14H,2-11H2,1H3,(H,16,17). The molecule has 1 aromatic heterocycles. The number of aryl methyl sites for hydroxylation is 1. The lowest BCUT2D eigenvalue weighted by molar-refractivity contribution is 0.352. The van der Waals surface area contributed by atoms with Gasteiger partial charge in [0.05, 0.1) is 5.69 Å². The number of anilines is 1. The van der Waals surface area contributed by atoms with E-state index in [9.17, 15) is 0 Å². The Labute approximate surface area is 116 Å². The number of rotatable bonds is 5. The average Bonchev–Trinajstić information content (AvgIpc) is 3.09. The van der Waals surface area contributed by atoms with Crippen molar-refractivity contribution in [3.05, 3.63) is 11.9 Å². The van der Waals surface area contributed by atoms with Gasteiger partial charge in [-0.15, -0.1) is 0 Å². The molecule has 106 valence electrons. The summed E-state index contributed by atoms with van der Waals surface area (Å²) in [7, 11) is 0. The van der Waals surface area contributed by atoms with Crippen molar-refractivity contribution < 1.29 is 0 Å². The Morgan fingerprint density at radius 3 is 2.68 bits per heavy atom. The van der Waals surface area contributed by atoms with E-state index >= 15 is 0 Å². The quantitative estimate of drug-likeness (QED) is 0.886. The van der Waals surface area contributed by atoms with Crippen LogP contribution in [-0.4, -0.2) is 40.6 Å². The van der Waals surface area contributed by atoms with E-state index in [1.807, 2.05) is 0 Å². The number of hydrogen-bond acceptors (Lipinski definition) is 3. The molecule has 0 aromatic carbocycles. The Hall–Kier alpha value is -1.03. The first-order valence-electron chi connectivity index (χ1n) is 7.84. The van der Waals surface area contributed by atoms with Crippen molar-refractivity contribution in [2.45, 2.75) is 51.5 Å². The molecule has 2 heterocycles. The maximum atomic E-state index is 4.65. The van der Waals surface area contributed by atoms with Crippen molar-refractivity contribution >= 4 is 5.95 Å². The first-order valence-corrected chi connectivity index (χ1v) is 7.84. The van der Waals surface area contributed by atoms with Crippen LogP contribution >= 0.6 is 0 Å². The molecule has 19 heavy (non-hydrogen) atoms. The minimum atomic E-state index is 0.676. The molecule has 0 radical (unpaired) electrons. The van der Waals surface area contributed by atoms with Crippen LogP contribution in [0.1, 0.15) is 50.3 Å². The van der Waals surface area contributed by atoms with Crippen LogP contribution in [0.2, 0.25) is 0 Å². The Morgan fingerprint density at radius 2 is 1.95 bits per heavy atom. The molecule has 1 aromatic rings. The van der Waals surface area contributed by atoms with Crippen molar-refractivity contribution in [2.24, 2.45) is 0 Å². The van der Waals surface area contributed by atoms with E-state index in [4.69, 9.17) is 0 Å². The molecule has 0 unspecified atom stereocenters. The second-order valence-corrected chi connectivity index (χ2v) is 6.03. The topological polar surface area (TPSA) is 33.1 Å². The van der Waals surface area contributed by atoms with Gasteiger partial charge in [0.25, 0.3) is 0 Å². The van der Waals surface area contributed by atoms with E-state index in [1.54, 1.807) is 0 Å². The second kappa shape index (κ2) is 5.95. The molecular weight excluding hydrogens is 236 g/mol. The van der Waals surface area contributed by atoms with Crippen LogP contribution < -0.4 is 5.32 Å². The van der Waals surface area contributed by atoms with E-state index < -0.39 is 0 Å². The third-order valence-electron chi connectivity index (χ3n) is 4.48. The van der Waals surface area contributed by atoms with Gasteiger partial charge < -0.3 is 14.8 Å². The largest absolute Gasteiger partial charge is 0.354 e. The lowest BCUT2D eigenvalue weighted by atomic mass is 10.2. The Kier molecular flexibility index (Phi) is 4.06. The molecule has 0 bridgehead atoms. The Morgan fingerprint density at radius 1 is 1.21 bits per heavy atom. The lowest BCUT2D eigenvalue weighted by Crippen LogP contribution is -2.26. The number of aromatic nitrogens is 2. The van der Waals surface area contributed by atoms with Crippen LogP contribution in [0.25, 0.3) is 0 Å². The summed E-state index contributed by atoms with van der Waals surface area (Å²) in [5, 5.41) is 3.55. The molecule has 3 rings (SSSR count). The highest BCUT2D eigenvalue weighted by Crippen LogP contribution is 2.31. The lowest BCUT2D eigenvalue weighted by Gasteiger charge is -2.18. The maximum absolute atomic E-state index is 4.65. The van der Waals surface area contributed by atoms with E-state index in [2.05, 4.69) is 32.9 Å². The normalized spacial score (nSPS) is 21.3. The van der Waals surface area contributed by atoms with Crippen LogP contribution in [0.3, 0.4) is 0 Å². The Balaban J connectivity index is 1.56. The smallest absolute Gasteiger partial charge is 0.203 e. The predicted octanol–water partition coefficient (Wildman–Crippen LogP) is 2.81. The van der Waals surface area contributed by atoms with Gasteiger partial charge in [0.2, 0.25) is 5.95 Å². The molecule has 1 aliphatic carbocycles. The monoisotopic (exact) mass is 262 g/mol. The highest BCUT2D eigenvalue weighted by molar-refractivity contribution is 5.29. The van der Waals surface area contributed by atoms with Gasteiger partial charge in [-0.2, -0.15) is 0 Å². The van der Waals surface area contributed by atoms with Crippen molar-refractivity contribution in [2.75, 3.05) is 31.5 Å². The average molecular weight is 262 g/mol. The van der Waals surface area contributed by atoms with E-state index in [-0.39, 0.29) is 0 Å². The van der Waals surface area contributed by atoms with E-state index in [0.29, 0.717) is 6.04 Å². The first kappa shape index (κ1) is 13.0.